The zero-order chi connectivity index (χ0) is 28.2. The number of pyridine rings is 1. The Morgan fingerprint density at radius 1 is 0.854 bits per heavy atom. The molecule has 2 fully saturated rings. The second kappa shape index (κ2) is 12.3. The molecule has 8 heteroatoms. The number of amides is 1. The SMILES string of the molecule is O=C(CO)c1ccc(Cn2ccc3cc(C4CCN(C(=O)c5ccc(CN6CCOCC6)cc5)CC4)cnc32)cc1. The summed E-state index contributed by atoms with van der Waals surface area (Å²) in [5.41, 5.74) is 5.71. The molecule has 2 aliphatic rings. The van der Waals surface area contributed by atoms with Crippen molar-refractivity contribution in [2.24, 2.45) is 0 Å². The Bertz CT molecular complexity index is 1500. The molecule has 0 spiro atoms. The first-order chi connectivity index (χ1) is 20.1. The van der Waals surface area contributed by atoms with Gasteiger partial charge in [-0.2, -0.15) is 0 Å². The van der Waals surface area contributed by atoms with Crippen LogP contribution < -0.4 is 0 Å². The smallest absolute Gasteiger partial charge is 0.253 e. The minimum Gasteiger partial charge on any atom is -0.388 e. The Kier molecular flexibility index (Phi) is 8.23. The second-order valence-electron chi connectivity index (χ2n) is 11.1. The van der Waals surface area contributed by atoms with E-state index in [1.165, 1.54) is 11.1 Å². The third-order valence-electron chi connectivity index (χ3n) is 8.36. The molecule has 0 bridgehead atoms. The molecular weight excluding hydrogens is 516 g/mol. The van der Waals surface area contributed by atoms with Crippen molar-refractivity contribution < 1.29 is 19.4 Å². The van der Waals surface area contributed by atoms with E-state index in [1.807, 2.05) is 41.6 Å². The molecule has 4 heterocycles. The lowest BCUT2D eigenvalue weighted by molar-refractivity contribution is 0.0342. The van der Waals surface area contributed by atoms with Gasteiger partial charge >= 0.3 is 0 Å². The number of fused-ring (bicyclic) bond motifs is 1. The van der Waals surface area contributed by atoms with Crippen LogP contribution in [0, 0.1) is 0 Å². The van der Waals surface area contributed by atoms with Crippen LogP contribution in [0.2, 0.25) is 0 Å². The summed E-state index contributed by atoms with van der Waals surface area (Å²) >= 11 is 0. The van der Waals surface area contributed by atoms with Crippen molar-refractivity contribution in [3.8, 4) is 0 Å². The maximum Gasteiger partial charge on any atom is 0.253 e. The number of benzene rings is 2. The number of carbonyl (C=O) groups excluding carboxylic acids is 2. The fourth-order valence-corrected chi connectivity index (χ4v) is 5.90. The van der Waals surface area contributed by atoms with Crippen LogP contribution in [-0.4, -0.2) is 82.1 Å². The average molecular weight is 553 g/mol. The molecule has 0 saturated carbocycles. The molecule has 6 rings (SSSR count). The van der Waals surface area contributed by atoms with Crippen molar-refractivity contribution in [1.29, 1.82) is 0 Å². The van der Waals surface area contributed by atoms with E-state index in [0.29, 0.717) is 18.0 Å². The van der Waals surface area contributed by atoms with Gasteiger partial charge in [0.1, 0.15) is 12.3 Å². The van der Waals surface area contributed by atoms with E-state index >= 15 is 0 Å². The van der Waals surface area contributed by atoms with Gasteiger partial charge in [0.15, 0.2) is 5.78 Å². The van der Waals surface area contributed by atoms with E-state index in [-0.39, 0.29) is 11.7 Å². The van der Waals surface area contributed by atoms with Crippen molar-refractivity contribution in [2.45, 2.75) is 31.8 Å². The summed E-state index contributed by atoms with van der Waals surface area (Å²) in [5.74, 6) is 0.216. The highest BCUT2D eigenvalue weighted by Gasteiger charge is 2.25. The Morgan fingerprint density at radius 2 is 1.51 bits per heavy atom. The number of hydrogen-bond donors (Lipinski definition) is 1. The molecule has 0 radical (unpaired) electrons. The van der Waals surface area contributed by atoms with Crippen molar-refractivity contribution in [3.63, 3.8) is 0 Å². The van der Waals surface area contributed by atoms with Gasteiger partial charge in [0.05, 0.1) is 13.2 Å². The number of ketones is 1. The number of Topliss-reactive ketones (excluding diaryl/α,β-unsaturated/α-hetero) is 1. The monoisotopic (exact) mass is 552 g/mol. The largest absolute Gasteiger partial charge is 0.388 e. The normalized spacial score (nSPS) is 16.8. The maximum absolute atomic E-state index is 13.2. The van der Waals surface area contributed by atoms with Crippen molar-refractivity contribution in [3.05, 3.63) is 101 Å². The van der Waals surface area contributed by atoms with Crippen LogP contribution in [0.5, 0.6) is 0 Å². The molecule has 1 N–H and O–H groups in total. The number of rotatable bonds is 8. The molecule has 4 aromatic rings. The molecule has 0 aliphatic carbocycles. The molecule has 8 nitrogen and oxygen atoms in total. The standard InChI is InChI=1S/C33H36N4O4/c38-23-31(39)27-5-1-25(2-6-27)22-37-14-11-29-19-30(20-34-32(29)37)26-9-12-36(13-10-26)33(40)28-7-3-24(4-8-28)21-35-15-17-41-18-16-35/h1-8,11,14,19-20,26,38H,9-10,12-13,15-18,21-23H2. The van der Waals surface area contributed by atoms with Crippen molar-refractivity contribution >= 4 is 22.7 Å². The molecule has 2 aromatic carbocycles. The number of aromatic nitrogens is 2. The van der Waals surface area contributed by atoms with Crippen LogP contribution in [0.25, 0.3) is 11.0 Å². The number of ether oxygens (including phenoxy) is 1. The lowest BCUT2D eigenvalue weighted by Gasteiger charge is -2.32. The van der Waals surface area contributed by atoms with Gasteiger partial charge in [-0.25, -0.2) is 4.98 Å². The summed E-state index contributed by atoms with van der Waals surface area (Å²) in [6.45, 7) is 6.03. The molecule has 41 heavy (non-hydrogen) atoms. The van der Waals surface area contributed by atoms with Crippen LogP contribution in [0.3, 0.4) is 0 Å². The van der Waals surface area contributed by atoms with Gasteiger partial charge in [0, 0.05) is 68.2 Å². The summed E-state index contributed by atoms with van der Waals surface area (Å²) in [5, 5.41) is 10.2. The summed E-state index contributed by atoms with van der Waals surface area (Å²) < 4.78 is 7.54. The van der Waals surface area contributed by atoms with E-state index in [2.05, 4.69) is 33.7 Å². The van der Waals surface area contributed by atoms with Crippen LogP contribution in [-0.2, 0) is 17.8 Å². The Hall–Kier alpha value is -3.85. The predicted octanol–water partition coefficient (Wildman–Crippen LogP) is 4.11. The summed E-state index contributed by atoms with van der Waals surface area (Å²) in [7, 11) is 0. The highest BCUT2D eigenvalue weighted by atomic mass is 16.5. The molecule has 2 aliphatic heterocycles. The third kappa shape index (κ3) is 6.25. The van der Waals surface area contributed by atoms with Crippen LogP contribution in [0.1, 0.15) is 56.2 Å². The molecule has 0 atom stereocenters. The van der Waals surface area contributed by atoms with E-state index in [1.54, 1.807) is 12.1 Å². The lowest BCUT2D eigenvalue weighted by Crippen LogP contribution is -2.38. The Balaban J connectivity index is 1.04. The summed E-state index contributed by atoms with van der Waals surface area (Å²) in [6.07, 6.45) is 5.88. The average Bonchev–Trinajstić information content (AvgIpc) is 3.43. The van der Waals surface area contributed by atoms with Crippen molar-refractivity contribution in [1.82, 2.24) is 19.4 Å². The summed E-state index contributed by atoms with van der Waals surface area (Å²) in [4.78, 5) is 34.0. The van der Waals surface area contributed by atoms with E-state index < -0.39 is 6.61 Å². The first-order valence-electron chi connectivity index (χ1n) is 14.4. The van der Waals surface area contributed by atoms with Gasteiger partial charge in [0.25, 0.3) is 5.91 Å². The Morgan fingerprint density at radius 3 is 2.20 bits per heavy atom. The summed E-state index contributed by atoms with van der Waals surface area (Å²) in [6, 6.07) is 19.8. The van der Waals surface area contributed by atoms with Gasteiger partial charge in [-0.05, 0) is 59.7 Å². The highest BCUT2D eigenvalue weighted by Crippen LogP contribution is 2.30. The van der Waals surface area contributed by atoms with Crippen LogP contribution >= 0.6 is 0 Å². The first-order valence-corrected chi connectivity index (χ1v) is 14.4. The number of hydrogen-bond acceptors (Lipinski definition) is 6. The first kappa shape index (κ1) is 27.3. The molecule has 2 saturated heterocycles. The minimum absolute atomic E-state index is 0.112. The zero-order valence-corrected chi connectivity index (χ0v) is 23.2. The third-order valence-corrected chi connectivity index (χ3v) is 8.36. The van der Waals surface area contributed by atoms with Gasteiger partial charge in [-0.15, -0.1) is 0 Å². The molecular formula is C33H36N4O4. The van der Waals surface area contributed by atoms with E-state index in [4.69, 9.17) is 14.8 Å². The van der Waals surface area contributed by atoms with Gasteiger partial charge in [-0.3, -0.25) is 14.5 Å². The number of carbonyl (C=O) groups is 2. The number of aliphatic hydroxyl groups is 1. The topological polar surface area (TPSA) is 87.9 Å². The van der Waals surface area contributed by atoms with Crippen LogP contribution in [0.4, 0.5) is 0 Å². The number of nitrogens with zero attached hydrogens (tertiary/aromatic N) is 4. The van der Waals surface area contributed by atoms with E-state index in [9.17, 15) is 9.59 Å². The molecule has 0 unspecified atom stereocenters. The lowest BCUT2D eigenvalue weighted by atomic mass is 9.90. The van der Waals surface area contributed by atoms with E-state index in [0.717, 1.165) is 80.9 Å². The second-order valence-corrected chi connectivity index (χ2v) is 11.1. The number of piperidine rings is 1. The molecule has 212 valence electrons. The number of morpholine rings is 1. The van der Waals surface area contributed by atoms with Crippen LogP contribution in [0.15, 0.2) is 73.1 Å². The highest BCUT2D eigenvalue weighted by molar-refractivity contribution is 5.97. The number of likely N-dealkylation sites (tertiary alicyclic amines) is 1. The minimum atomic E-state index is -0.479. The molecule has 1 amide bonds. The van der Waals surface area contributed by atoms with Gasteiger partial charge in [-0.1, -0.05) is 36.4 Å². The van der Waals surface area contributed by atoms with Gasteiger partial charge < -0.3 is 19.3 Å². The Labute approximate surface area is 240 Å². The zero-order valence-electron chi connectivity index (χ0n) is 23.2. The fraction of sp³-hybridized carbons (Fsp3) is 0.364. The maximum atomic E-state index is 13.2. The quantitative estimate of drug-likeness (QED) is 0.331. The van der Waals surface area contributed by atoms with Gasteiger partial charge in [0.2, 0.25) is 0 Å². The predicted molar refractivity (Wildman–Crippen MR) is 157 cm³/mol. The number of aliphatic hydroxyl groups excluding tert-OH is 1. The molecule has 2 aromatic heterocycles. The van der Waals surface area contributed by atoms with Crippen molar-refractivity contribution in [2.75, 3.05) is 46.0 Å². The fourth-order valence-electron chi connectivity index (χ4n) is 5.90.